The summed E-state index contributed by atoms with van der Waals surface area (Å²) in [6.07, 6.45) is 11.4. The van der Waals surface area contributed by atoms with E-state index in [9.17, 15) is 0 Å². The normalized spacial score (nSPS) is 20.6. The van der Waals surface area contributed by atoms with Gasteiger partial charge in [0.2, 0.25) is 0 Å². The smallest absolute Gasteiger partial charge is 0.174 e. The van der Waals surface area contributed by atoms with Crippen LogP contribution in [0.5, 0.6) is 5.75 Å². The molecular formula is C26H29ClN4O2S. The molecule has 3 aromatic rings. The summed E-state index contributed by atoms with van der Waals surface area (Å²) in [4.78, 5) is 6.79. The molecule has 0 unspecified atom stereocenters. The Morgan fingerprint density at radius 3 is 2.74 bits per heavy atom. The van der Waals surface area contributed by atoms with Crippen LogP contribution in [0.25, 0.3) is 0 Å². The van der Waals surface area contributed by atoms with Gasteiger partial charge in [0.05, 0.1) is 29.4 Å². The van der Waals surface area contributed by atoms with E-state index in [2.05, 4.69) is 38.2 Å². The van der Waals surface area contributed by atoms with Crippen LogP contribution in [0.1, 0.15) is 55.1 Å². The minimum atomic E-state index is -0.0791. The highest BCUT2D eigenvalue weighted by atomic mass is 35.5. The first-order valence-electron chi connectivity index (χ1n) is 11.7. The van der Waals surface area contributed by atoms with E-state index in [0.717, 1.165) is 11.4 Å². The molecule has 8 heteroatoms. The molecule has 178 valence electrons. The van der Waals surface area contributed by atoms with Crippen LogP contribution in [0.2, 0.25) is 5.02 Å². The second-order valence-electron chi connectivity index (χ2n) is 8.78. The van der Waals surface area contributed by atoms with E-state index in [1.165, 1.54) is 31.2 Å². The molecule has 34 heavy (non-hydrogen) atoms. The largest absolute Gasteiger partial charge is 0.490 e. The van der Waals surface area contributed by atoms with E-state index < -0.39 is 0 Å². The number of rotatable bonds is 8. The number of hydrogen-bond acceptors (Lipinski definition) is 4. The Morgan fingerprint density at radius 1 is 1.15 bits per heavy atom. The second-order valence-corrected chi connectivity index (χ2v) is 9.58. The number of anilines is 1. The number of benzene rings is 1. The number of methoxy groups -OCH3 is 1. The van der Waals surface area contributed by atoms with E-state index in [4.69, 9.17) is 33.3 Å². The molecule has 2 fully saturated rings. The lowest BCUT2D eigenvalue weighted by Crippen LogP contribution is -2.29. The average Bonchev–Trinajstić information content (AvgIpc) is 3.60. The van der Waals surface area contributed by atoms with Crippen molar-refractivity contribution in [3.05, 3.63) is 77.3 Å². The van der Waals surface area contributed by atoms with Crippen molar-refractivity contribution in [2.45, 2.75) is 43.8 Å². The molecule has 6 nitrogen and oxygen atoms in total. The zero-order valence-corrected chi connectivity index (χ0v) is 20.8. The third-order valence-corrected chi connectivity index (χ3v) is 7.27. The van der Waals surface area contributed by atoms with E-state index in [1.54, 1.807) is 7.11 Å². The van der Waals surface area contributed by atoms with Crippen LogP contribution in [-0.2, 0) is 4.74 Å². The number of nitrogens with one attached hydrogen (secondary N) is 1. The summed E-state index contributed by atoms with van der Waals surface area (Å²) in [6, 6.07) is 14.5. The number of hydrogen-bond donors (Lipinski definition) is 1. The third kappa shape index (κ3) is 4.65. The molecule has 2 atom stereocenters. The summed E-state index contributed by atoms with van der Waals surface area (Å²) >= 11 is 12.4. The van der Waals surface area contributed by atoms with Crippen molar-refractivity contribution in [2.75, 3.05) is 25.2 Å². The summed E-state index contributed by atoms with van der Waals surface area (Å²) in [5.41, 5.74) is 3.07. The molecule has 1 aromatic carbocycles. The zero-order chi connectivity index (χ0) is 23.5. The minimum Gasteiger partial charge on any atom is -0.490 e. The molecule has 5 rings (SSSR count). The predicted molar refractivity (Wildman–Crippen MR) is 139 cm³/mol. The van der Waals surface area contributed by atoms with Gasteiger partial charge in [-0.25, -0.2) is 0 Å². The molecule has 1 aliphatic heterocycles. The van der Waals surface area contributed by atoms with Crippen molar-refractivity contribution < 1.29 is 9.47 Å². The van der Waals surface area contributed by atoms with Gasteiger partial charge in [-0.05, 0) is 67.0 Å². The van der Waals surface area contributed by atoms with E-state index in [1.807, 2.05) is 42.6 Å². The molecule has 0 radical (unpaired) electrons. The molecule has 1 aliphatic carbocycles. The van der Waals surface area contributed by atoms with Gasteiger partial charge in [0.1, 0.15) is 12.4 Å². The Bertz CT molecular complexity index is 1130. The Labute approximate surface area is 210 Å². The summed E-state index contributed by atoms with van der Waals surface area (Å²) in [5, 5.41) is 4.71. The van der Waals surface area contributed by atoms with Crippen molar-refractivity contribution in [1.29, 1.82) is 0 Å². The molecule has 3 heterocycles. The first-order valence-corrected chi connectivity index (χ1v) is 12.5. The Morgan fingerprint density at radius 2 is 2.00 bits per heavy atom. The lowest BCUT2D eigenvalue weighted by Gasteiger charge is -2.27. The van der Waals surface area contributed by atoms with Crippen LogP contribution >= 0.6 is 23.8 Å². The number of nitrogens with zero attached hydrogens (tertiary/aromatic N) is 3. The second kappa shape index (κ2) is 10.3. The SMILES string of the molecule is COCCOc1ccc(N2C(=S)N[C@H](c3ccccn3)[C@H]2c2ccn(C3CCCC3)c2)cc1Cl. The summed E-state index contributed by atoms with van der Waals surface area (Å²) < 4.78 is 13.2. The van der Waals surface area contributed by atoms with Crippen LogP contribution in [0.4, 0.5) is 5.69 Å². The van der Waals surface area contributed by atoms with Crippen LogP contribution in [-0.4, -0.2) is 35.0 Å². The van der Waals surface area contributed by atoms with Gasteiger partial charge in [-0.2, -0.15) is 0 Å². The quantitative estimate of drug-likeness (QED) is 0.311. The molecule has 0 spiro atoms. The lowest BCUT2D eigenvalue weighted by molar-refractivity contribution is 0.146. The molecule has 1 N–H and O–H groups in total. The minimum absolute atomic E-state index is 0.0543. The number of halogens is 1. The summed E-state index contributed by atoms with van der Waals surface area (Å²) in [6.45, 7) is 0.947. The van der Waals surface area contributed by atoms with E-state index in [-0.39, 0.29) is 12.1 Å². The topological polar surface area (TPSA) is 51.6 Å². The van der Waals surface area contributed by atoms with Crippen molar-refractivity contribution in [3.8, 4) is 5.75 Å². The van der Waals surface area contributed by atoms with Crippen molar-refractivity contribution in [3.63, 3.8) is 0 Å². The summed E-state index contributed by atoms with van der Waals surface area (Å²) in [7, 11) is 1.65. The van der Waals surface area contributed by atoms with Gasteiger partial charge in [-0.15, -0.1) is 0 Å². The van der Waals surface area contributed by atoms with Crippen LogP contribution in [0, 0.1) is 0 Å². The molecule has 0 amide bonds. The first-order chi connectivity index (χ1) is 16.7. The molecule has 2 aromatic heterocycles. The average molecular weight is 497 g/mol. The maximum Gasteiger partial charge on any atom is 0.174 e. The zero-order valence-electron chi connectivity index (χ0n) is 19.2. The van der Waals surface area contributed by atoms with Gasteiger partial charge in [0.25, 0.3) is 0 Å². The fraction of sp³-hybridized carbons (Fsp3) is 0.385. The van der Waals surface area contributed by atoms with E-state index >= 15 is 0 Å². The molecular weight excluding hydrogens is 468 g/mol. The van der Waals surface area contributed by atoms with E-state index in [0.29, 0.717) is 35.1 Å². The van der Waals surface area contributed by atoms with Crippen LogP contribution < -0.4 is 15.0 Å². The van der Waals surface area contributed by atoms with Gasteiger partial charge in [0, 0.05) is 37.4 Å². The van der Waals surface area contributed by atoms with Crippen LogP contribution in [0.3, 0.4) is 0 Å². The number of pyridine rings is 1. The highest BCUT2D eigenvalue weighted by Crippen LogP contribution is 2.43. The number of thiocarbonyl (C=S) groups is 1. The van der Waals surface area contributed by atoms with Gasteiger partial charge in [-0.1, -0.05) is 30.5 Å². The monoisotopic (exact) mass is 496 g/mol. The van der Waals surface area contributed by atoms with Gasteiger partial charge in [-0.3, -0.25) is 4.98 Å². The Balaban J connectivity index is 1.50. The Kier molecular flexibility index (Phi) is 7.04. The molecule has 1 saturated carbocycles. The summed E-state index contributed by atoms with van der Waals surface area (Å²) in [5.74, 6) is 0.630. The van der Waals surface area contributed by atoms with Crippen molar-refractivity contribution >= 4 is 34.6 Å². The highest BCUT2D eigenvalue weighted by molar-refractivity contribution is 7.80. The lowest BCUT2D eigenvalue weighted by atomic mass is 9.98. The van der Waals surface area contributed by atoms with Crippen molar-refractivity contribution in [1.82, 2.24) is 14.9 Å². The number of aromatic nitrogens is 2. The van der Waals surface area contributed by atoms with Crippen molar-refractivity contribution in [2.24, 2.45) is 0 Å². The molecule has 0 bridgehead atoms. The number of ether oxygens (including phenoxy) is 2. The highest BCUT2D eigenvalue weighted by Gasteiger charge is 2.41. The third-order valence-electron chi connectivity index (χ3n) is 6.66. The molecule has 1 saturated heterocycles. The van der Waals surface area contributed by atoms with Gasteiger partial charge in [0.15, 0.2) is 5.11 Å². The maximum atomic E-state index is 6.60. The predicted octanol–water partition coefficient (Wildman–Crippen LogP) is 5.85. The fourth-order valence-electron chi connectivity index (χ4n) is 5.00. The first kappa shape index (κ1) is 23.1. The standard InChI is InChI=1S/C26H29ClN4O2S/c1-32-14-15-33-23-10-9-20(16-21(23)27)31-25(18-11-13-30(17-18)19-6-2-3-7-19)24(29-26(31)34)22-8-4-5-12-28-22/h4-5,8-13,16-17,19,24-25H,2-3,6-7,14-15H2,1H3,(H,29,34)/t24-,25-/m1/s1. The maximum absolute atomic E-state index is 6.60. The van der Waals surface area contributed by atoms with Crippen LogP contribution in [0.15, 0.2) is 61.1 Å². The van der Waals surface area contributed by atoms with Gasteiger partial charge >= 0.3 is 0 Å². The molecule has 2 aliphatic rings. The van der Waals surface area contributed by atoms with Gasteiger partial charge < -0.3 is 24.3 Å². The fourth-order valence-corrected chi connectivity index (χ4v) is 5.57. The Hall–Kier alpha value is -2.61.